The molecule has 0 aliphatic heterocycles. The van der Waals surface area contributed by atoms with Gasteiger partial charge in [0.2, 0.25) is 0 Å². The maximum absolute atomic E-state index is 2.66. The minimum Gasteiger partial charge on any atom is -0.0654 e. The van der Waals surface area contributed by atoms with Crippen molar-refractivity contribution in [2.75, 3.05) is 0 Å². The van der Waals surface area contributed by atoms with Gasteiger partial charge < -0.3 is 0 Å². The first kappa shape index (κ1) is 81.0. The molecule has 0 N–H and O–H groups in total. The lowest BCUT2D eigenvalue weighted by Gasteiger charge is -2.64. The van der Waals surface area contributed by atoms with Gasteiger partial charge in [-0.15, -0.1) is 0 Å². The van der Waals surface area contributed by atoms with Crippen LogP contribution < -0.4 is 0 Å². The van der Waals surface area contributed by atoms with E-state index >= 15 is 0 Å². The van der Waals surface area contributed by atoms with Gasteiger partial charge in [0.15, 0.2) is 0 Å². The topological polar surface area (TPSA) is 0 Å². The van der Waals surface area contributed by atoms with E-state index in [2.05, 4.69) is 62.3 Å². The zero-order valence-electron chi connectivity index (χ0n) is 59.2. The quantitative estimate of drug-likeness (QED) is 0.0533. The van der Waals surface area contributed by atoms with Crippen LogP contribution in [0.3, 0.4) is 0 Å². The van der Waals surface area contributed by atoms with Crippen LogP contribution in [0.25, 0.3) is 0 Å². The molecule has 0 nitrogen and oxygen atoms in total. The van der Waals surface area contributed by atoms with Crippen LogP contribution in [0, 0.1) is 22.2 Å². The monoisotopic (exact) mass is 1140 g/mol. The Kier molecular flexibility index (Phi) is 63.0. The second kappa shape index (κ2) is 63.0. The Hall–Kier alpha value is 0. The summed E-state index contributed by atoms with van der Waals surface area (Å²) in [6.07, 6.45) is 101. The van der Waals surface area contributed by atoms with Crippen LogP contribution in [-0.2, 0) is 0 Å². The van der Waals surface area contributed by atoms with E-state index in [1.807, 2.05) is 0 Å². The molecule has 0 aromatic rings. The minimum absolute atomic E-state index is 0.457. The standard InChI is InChI=1S/C81H164/c1-10-19-27-33-39-43-46-47-50-54-58-65-72-79(70-63-56-52-42-36-30-22-13-4,71-64-57-53-48-44-40-34-28-20-11-2)81(75-67-60-38-32-24-15-6,76-68-61-51-37-31-23-14-5)80(73-62-25-16-7,77-78(18-9)69-26-17-8)74-66-59-55-49-45-41-35-29-21-12-3/h78H,10-77H2,1-9H3. The van der Waals surface area contributed by atoms with Gasteiger partial charge in [-0.2, -0.15) is 0 Å². The first-order chi connectivity index (χ1) is 39.9. The zero-order chi connectivity index (χ0) is 59.2. The average molecular weight is 1140 g/mol. The van der Waals surface area contributed by atoms with E-state index in [0.717, 1.165) is 5.92 Å². The third-order valence-corrected chi connectivity index (χ3v) is 21.7. The normalized spacial score (nSPS) is 14.6. The number of hydrogen-bond acceptors (Lipinski definition) is 0. The second-order valence-corrected chi connectivity index (χ2v) is 28.8. The summed E-state index contributed by atoms with van der Waals surface area (Å²) in [6.45, 7) is 22.1. The van der Waals surface area contributed by atoms with Crippen molar-refractivity contribution in [3.63, 3.8) is 0 Å². The molecule has 0 aromatic heterocycles. The largest absolute Gasteiger partial charge is 0.0654 e. The van der Waals surface area contributed by atoms with Gasteiger partial charge in [-0.05, 0) is 73.5 Å². The van der Waals surface area contributed by atoms with Gasteiger partial charge >= 0.3 is 0 Å². The third kappa shape index (κ3) is 43.3. The van der Waals surface area contributed by atoms with Crippen LogP contribution in [0.5, 0.6) is 0 Å². The molecular formula is C81H164. The maximum Gasteiger partial charge on any atom is -0.0184 e. The summed E-state index contributed by atoms with van der Waals surface area (Å²) in [4.78, 5) is 0. The van der Waals surface area contributed by atoms with Gasteiger partial charge in [-0.1, -0.05) is 448 Å². The van der Waals surface area contributed by atoms with Gasteiger partial charge in [0.05, 0.1) is 0 Å². The Balaban J connectivity index is 8.16. The van der Waals surface area contributed by atoms with Crippen LogP contribution in [-0.4, -0.2) is 0 Å². The fourth-order valence-corrected chi connectivity index (χ4v) is 16.4. The van der Waals surface area contributed by atoms with E-state index in [1.165, 1.54) is 385 Å². The molecule has 0 amide bonds. The molecule has 0 rings (SSSR count). The van der Waals surface area contributed by atoms with Crippen molar-refractivity contribution in [3.8, 4) is 0 Å². The summed E-state index contributed by atoms with van der Waals surface area (Å²) >= 11 is 0. The number of unbranched alkanes of at least 4 members (excludes halogenated alkanes) is 50. The summed E-state index contributed by atoms with van der Waals surface area (Å²) in [7, 11) is 0. The van der Waals surface area contributed by atoms with E-state index in [-0.39, 0.29) is 0 Å². The molecule has 0 saturated heterocycles. The molecule has 0 bridgehead atoms. The molecule has 0 spiro atoms. The van der Waals surface area contributed by atoms with Crippen LogP contribution >= 0.6 is 0 Å². The summed E-state index contributed by atoms with van der Waals surface area (Å²) in [5.74, 6) is 0.900. The van der Waals surface area contributed by atoms with Crippen molar-refractivity contribution in [2.24, 2.45) is 22.2 Å². The Bertz CT molecular complexity index is 1150. The first-order valence-corrected chi connectivity index (χ1v) is 39.9. The Morgan fingerprint density at radius 3 is 0.568 bits per heavy atom. The number of rotatable bonds is 71. The first-order valence-electron chi connectivity index (χ1n) is 39.9. The fourth-order valence-electron chi connectivity index (χ4n) is 16.4. The predicted molar refractivity (Wildman–Crippen MR) is 376 cm³/mol. The van der Waals surface area contributed by atoms with E-state index in [9.17, 15) is 0 Å². The van der Waals surface area contributed by atoms with Crippen LogP contribution in [0.15, 0.2) is 0 Å². The minimum atomic E-state index is 0.457. The van der Waals surface area contributed by atoms with Crippen LogP contribution in [0.4, 0.5) is 0 Å². The van der Waals surface area contributed by atoms with E-state index in [1.54, 1.807) is 51.4 Å². The SMILES string of the molecule is CCCCCCCCCCCCCCC(CCCCCCCCCC)(CCCCCCCCCCCC)C(CCCCCCCC)(CCCCCCCCC)C(CCCCC)(CCCCCCCCCCCC)CC(CC)CCCC. The molecule has 0 heteroatoms. The highest BCUT2D eigenvalue weighted by Crippen LogP contribution is 2.69. The predicted octanol–water partition coefficient (Wildman–Crippen LogP) is 31.3. The number of hydrogen-bond donors (Lipinski definition) is 0. The smallest absolute Gasteiger partial charge is 0.0184 e. The lowest BCUT2D eigenvalue weighted by molar-refractivity contribution is -0.146. The summed E-state index contributed by atoms with van der Waals surface area (Å²) in [5, 5.41) is 0. The van der Waals surface area contributed by atoms with E-state index < -0.39 is 0 Å². The highest BCUT2D eigenvalue weighted by molar-refractivity contribution is 5.09. The summed E-state index contributed by atoms with van der Waals surface area (Å²) < 4.78 is 0. The molecule has 4 unspecified atom stereocenters. The van der Waals surface area contributed by atoms with Gasteiger partial charge in [-0.25, -0.2) is 0 Å². The highest BCUT2D eigenvalue weighted by atomic mass is 14.6. The van der Waals surface area contributed by atoms with Crippen LogP contribution in [0.1, 0.15) is 499 Å². The Morgan fingerprint density at radius 2 is 0.346 bits per heavy atom. The van der Waals surface area contributed by atoms with Crippen molar-refractivity contribution < 1.29 is 0 Å². The van der Waals surface area contributed by atoms with Crippen molar-refractivity contribution in [3.05, 3.63) is 0 Å². The van der Waals surface area contributed by atoms with Gasteiger partial charge in [0, 0.05) is 0 Å². The average Bonchev–Trinajstić information content (AvgIpc) is 3.51. The Labute approximate surface area is 518 Å². The molecule has 0 radical (unpaired) electrons. The lowest BCUT2D eigenvalue weighted by atomic mass is 9.40. The maximum atomic E-state index is 2.66. The lowest BCUT2D eigenvalue weighted by Crippen LogP contribution is -2.55. The molecule has 0 aliphatic rings. The third-order valence-electron chi connectivity index (χ3n) is 21.7. The van der Waals surface area contributed by atoms with Crippen molar-refractivity contribution in [1.29, 1.82) is 0 Å². The van der Waals surface area contributed by atoms with Crippen molar-refractivity contribution in [1.82, 2.24) is 0 Å². The summed E-state index contributed by atoms with van der Waals surface area (Å²) in [6, 6.07) is 0. The molecule has 0 heterocycles. The van der Waals surface area contributed by atoms with E-state index in [4.69, 9.17) is 0 Å². The molecule has 4 atom stereocenters. The van der Waals surface area contributed by atoms with E-state index in [0.29, 0.717) is 16.2 Å². The Morgan fingerprint density at radius 1 is 0.173 bits per heavy atom. The molecule has 0 aliphatic carbocycles. The molecule has 0 saturated carbocycles. The zero-order valence-corrected chi connectivity index (χ0v) is 59.2. The van der Waals surface area contributed by atoms with Gasteiger partial charge in [0.1, 0.15) is 0 Å². The van der Waals surface area contributed by atoms with Gasteiger partial charge in [-0.3, -0.25) is 0 Å². The van der Waals surface area contributed by atoms with Gasteiger partial charge in [0.25, 0.3) is 0 Å². The fraction of sp³-hybridized carbons (Fsp3) is 1.00. The van der Waals surface area contributed by atoms with Crippen molar-refractivity contribution >= 4 is 0 Å². The summed E-state index contributed by atoms with van der Waals surface area (Å²) in [5.41, 5.74) is 1.41. The second-order valence-electron chi connectivity index (χ2n) is 28.8. The van der Waals surface area contributed by atoms with Crippen molar-refractivity contribution in [2.45, 2.75) is 499 Å². The molecule has 81 heavy (non-hydrogen) atoms. The highest BCUT2D eigenvalue weighted by Gasteiger charge is 2.59. The molecule has 488 valence electrons. The molecular weight excluding hydrogens is 973 g/mol. The molecule has 0 aromatic carbocycles. The van der Waals surface area contributed by atoms with Crippen LogP contribution in [0.2, 0.25) is 0 Å². The molecule has 0 fully saturated rings.